The zero-order valence-electron chi connectivity index (χ0n) is 21.0. The van der Waals surface area contributed by atoms with Gasteiger partial charge in [0.05, 0.1) is 12.1 Å². The van der Waals surface area contributed by atoms with Crippen LogP contribution in [0.2, 0.25) is 5.02 Å². The van der Waals surface area contributed by atoms with Crippen molar-refractivity contribution in [1.29, 1.82) is 0 Å². The van der Waals surface area contributed by atoms with Gasteiger partial charge >= 0.3 is 5.69 Å². The molecule has 0 radical (unpaired) electrons. The van der Waals surface area contributed by atoms with Gasteiger partial charge in [-0.15, -0.1) is 0 Å². The molecule has 0 fully saturated rings. The van der Waals surface area contributed by atoms with Crippen LogP contribution in [-0.2, 0) is 26.1 Å². The maximum Gasteiger partial charge on any atom is 0.332 e. The molecule has 36 heavy (non-hydrogen) atoms. The molecule has 4 rings (SSSR count). The average Bonchev–Trinajstić information content (AvgIpc) is 3.26. The van der Waals surface area contributed by atoms with E-state index in [2.05, 4.69) is 4.98 Å². The minimum Gasteiger partial charge on any atom is -0.494 e. The minimum atomic E-state index is -0.516. The van der Waals surface area contributed by atoms with Gasteiger partial charge in [-0.1, -0.05) is 63.8 Å². The molecule has 3 heterocycles. The predicted octanol–water partition coefficient (Wildman–Crippen LogP) is 3.93. The largest absolute Gasteiger partial charge is 0.494 e. The fourth-order valence-electron chi connectivity index (χ4n) is 4.51. The van der Waals surface area contributed by atoms with Gasteiger partial charge in [-0.3, -0.25) is 23.3 Å². The summed E-state index contributed by atoms with van der Waals surface area (Å²) in [6.07, 6.45) is 4.02. The van der Waals surface area contributed by atoms with E-state index >= 15 is 0 Å². The van der Waals surface area contributed by atoms with Crippen molar-refractivity contribution < 1.29 is 5.11 Å². The van der Waals surface area contributed by atoms with Crippen molar-refractivity contribution in [2.75, 3.05) is 0 Å². The van der Waals surface area contributed by atoms with E-state index in [0.29, 0.717) is 30.8 Å². The second-order valence-electron chi connectivity index (χ2n) is 9.09. The van der Waals surface area contributed by atoms with Gasteiger partial charge in [0.15, 0.2) is 11.2 Å². The number of nitrogens with zero attached hydrogens (tertiary/aromatic N) is 5. The Bertz CT molecular complexity index is 1580. The van der Waals surface area contributed by atoms with Crippen LogP contribution in [0.1, 0.15) is 64.0 Å². The second kappa shape index (κ2) is 10.7. The Morgan fingerprint density at radius 2 is 1.50 bits per heavy atom. The molecule has 192 valence electrons. The molecule has 9 nitrogen and oxygen atoms in total. The van der Waals surface area contributed by atoms with Crippen molar-refractivity contribution in [3.05, 3.63) is 71.6 Å². The molecule has 1 N–H and O–H groups in total. The molecule has 0 amide bonds. The third kappa shape index (κ3) is 4.48. The normalized spacial score (nSPS) is 11.7. The van der Waals surface area contributed by atoms with Gasteiger partial charge in [0.1, 0.15) is 0 Å². The maximum atomic E-state index is 13.6. The highest BCUT2D eigenvalue weighted by Gasteiger charge is 2.25. The molecule has 0 saturated heterocycles. The molecule has 1 aromatic carbocycles. The number of aryl methyl sites for hydroxylation is 1. The van der Waals surface area contributed by atoms with E-state index in [9.17, 15) is 19.5 Å². The summed E-state index contributed by atoms with van der Waals surface area (Å²) >= 11 is 6.04. The third-order valence-electron chi connectivity index (χ3n) is 6.46. The topological polar surface area (TPSA) is 104 Å². The Morgan fingerprint density at radius 3 is 2.11 bits per heavy atom. The molecule has 0 atom stereocenters. The molecule has 0 aliphatic heterocycles. The molecule has 4 aromatic rings. The smallest absolute Gasteiger partial charge is 0.332 e. The number of benzene rings is 1. The molecule has 0 saturated carbocycles. The summed E-state index contributed by atoms with van der Waals surface area (Å²) < 4.78 is 5.53. The summed E-state index contributed by atoms with van der Waals surface area (Å²) in [5.41, 5.74) is 0.00371. The number of fused-ring (bicyclic) bond motifs is 3. The van der Waals surface area contributed by atoms with Crippen molar-refractivity contribution in [3.63, 3.8) is 0 Å². The summed E-state index contributed by atoms with van der Waals surface area (Å²) in [7, 11) is 0. The van der Waals surface area contributed by atoms with Crippen molar-refractivity contribution >= 4 is 28.5 Å². The van der Waals surface area contributed by atoms with E-state index < -0.39 is 11.2 Å². The second-order valence-corrected chi connectivity index (χ2v) is 9.52. The molecule has 0 aliphatic carbocycles. The summed E-state index contributed by atoms with van der Waals surface area (Å²) in [5.74, 6) is -0.177. The average molecular weight is 514 g/mol. The fraction of sp³-hybridized carbons (Fsp3) is 0.462. The van der Waals surface area contributed by atoms with E-state index in [-0.39, 0.29) is 47.0 Å². The highest BCUT2D eigenvalue weighted by Crippen LogP contribution is 2.23. The Kier molecular flexibility index (Phi) is 7.68. The Morgan fingerprint density at radius 1 is 0.861 bits per heavy atom. The van der Waals surface area contributed by atoms with Gasteiger partial charge in [0.2, 0.25) is 11.7 Å². The summed E-state index contributed by atoms with van der Waals surface area (Å²) in [6.45, 7) is 6.75. The van der Waals surface area contributed by atoms with E-state index in [0.717, 1.165) is 24.8 Å². The lowest BCUT2D eigenvalue weighted by Gasteiger charge is -2.13. The first kappa shape index (κ1) is 25.8. The van der Waals surface area contributed by atoms with Crippen molar-refractivity contribution in [3.8, 4) is 5.88 Å². The monoisotopic (exact) mass is 513 g/mol. The number of aromatic nitrogens is 5. The number of hydrogen-bond donors (Lipinski definition) is 1. The minimum absolute atomic E-state index is 0.108. The maximum absolute atomic E-state index is 13.6. The summed E-state index contributed by atoms with van der Waals surface area (Å²) in [5, 5.41) is 11.8. The fourth-order valence-corrected chi connectivity index (χ4v) is 4.64. The van der Waals surface area contributed by atoms with Gasteiger partial charge < -0.3 is 5.11 Å². The first-order chi connectivity index (χ1) is 17.3. The lowest BCUT2D eigenvalue weighted by molar-refractivity contribution is 0.433. The molecule has 10 heteroatoms. The molecule has 0 unspecified atom stereocenters. The standard InChI is InChI=1S/C26H32ClN5O4/c1-4-7-14-29-21-20(24(35)30(26(29)36)15-8-5-2)32-23(34)19(9-6-3)22(33)31(25(32)28-21)16-17-10-12-18(27)13-11-17/h10-13,34H,4-9,14-16H2,1-3H3. The van der Waals surface area contributed by atoms with Crippen LogP contribution < -0.4 is 16.8 Å². The lowest BCUT2D eigenvalue weighted by Crippen LogP contribution is -2.40. The Balaban J connectivity index is 2.14. The first-order valence-electron chi connectivity index (χ1n) is 12.6. The number of imidazole rings is 1. The van der Waals surface area contributed by atoms with Crippen molar-refractivity contribution in [2.45, 2.75) is 78.9 Å². The Hall–Kier alpha value is -3.33. The third-order valence-corrected chi connectivity index (χ3v) is 6.71. The van der Waals surface area contributed by atoms with Crippen LogP contribution in [-0.4, -0.2) is 28.2 Å². The van der Waals surface area contributed by atoms with E-state index in [1.807, 2.05) is 32.9 Å². The molecule has 0 spiro atoms. The van der Waals surface area contributed by atoms with Crippen LogP contribution in [0, 0.1) is 0 Å². The van der Waals surface area contributed by atoms with Crippen LogP contribution in [0.3, 0.4) is 0 Å². The van der Waals surface area contributed by atoms with Gasteiger partial charge in [-0.2, -0.15) is 4.98 Å². The predicted molar refractivity (Wildman–Crippen MR) is 142 cm³/mol. The molecule has 3 aromatic heterocycles. The molecular formula is C26H32ClN5O4. The highest BCUT2D eigenvalue weighted by atomic mass is 35.5. The number of halogens is 1. The number of aromatic hydroxyl groups is 1. The molecule has 0 aliphatic rings. The van der Waals surface area contributed by atoms with Crippen LogP contribution in [0.15, 0.2) is 38.6 Å². The van der Waals surface area contributed by atoms with Crippen LogP contribution in [0.5, 0.6) is 5.88 Å². The zero-order chi connectivity index (χ0) is 26.0. The van der Waals surface area contributed by atoms with Gasteiger partial charge in [0.25, 0.3) is 11.1 Å². The lowest BCUT2D eigenvalue weighted by atomic mass is 10.1. The van der Waals surface area contributed by atoms with Crippen LogP contribution in [0.4, 0.5) is 0 Å². The highest BCUT2D eigenvalue weighted by molar-refractivity contribution is 6.30. The molecular weight excluding hydrogens is 482 g/mol. The van der Waals surface area contributed by atoms with E-state index in [4.69, 9.17) is 11.6 Å². The van der Waals surface area contributed by atoms with Crippen molar-refractivity contribution in [1.82, 2.24) is 23.1 Å². The van der Waals surface area contributed by atoms with Crippen LogP contribution in [0.25, 0.3) is 16.9 Å². The SMILES string of the molecule is CCCCn1c(=O)c2c(nc3n(Cc4ccc(Cl)cc4)c(=O)c(CCC)c(O)n23)n(CCCC)c1=O. The van der Waals surface area contributed by atoms with Crippen LogP contribution >= 0.6 is 11.6 Å². The summed E-state index contributed by atoms with van der Waals surface area (Å²) in [4.78, 5) is 45.2. The van der Waals surface area contributed by atoms with E-state index in [1.165, 1.54) is 18.1 Å². The van der Waals surface area contributed by atoms with Gasteiger partial charge in [0, 0.05) is 18.1 Å². The van der Waals surface area contributed by atoms with Gasteiger partial charge in [-0.25, -0.2) is 9.20 Å². The number of rotatable bonds is 10. The quantitative estimate of drug-likeness (QED) is 0.346. The Labute approximate surface area is 213 Å². The van der Waals surface area contributed by atoms with E-state index in [1.54, 1.807) is 12.1 Å². The zero-order valence-corrected chi connectivity index (χ0v) is 21.7. The van der Waals surface area contributed by atoms with Gasteiger partial charge in [-0.05, 0) is 37.0 Å². The first-order valence-corrected chi connectivity index (χ1v) is 13.0. The molecule has 0 bridgehead atoms. The summed E-state index contributed by atoms with van der Waals surface area (Å²) in [6, 6.07) is 7.11. The van der Waals surface area contributed by atoms with Crippen molar-refractivity contribution in [2.24, 2.45) is 0 Å². The number of hydrogen-bond acceptors (Lipinski definition) is 5. The number of unbranched alkanes of at least 4 members (excludes halogenated alkanes) is 2.